The van der Waals surface area contributed by atoms with E-state index < -0.39 is 34.5 Å². The van der Waals surface area contributed by atoms with Gasteiger partial charge in [-0.05, 0) is 38.8 Å². The topological polar surface area (TPSA) is 82.8 Å². The van der Waals surface area contributed by atoms with E-state index in [-0.39, 0.29) is 47.9 Å². The molecule has 1 fully saturated rings. The number of halogens is 2. The second-order valence-electron chi connectivity index (χ2n) is 8.71. The minimum Gasteiger partial charge on any atom is -0.503 e. The molecule has 0 radical (unpaired) electrons. The van der Waals surface area contributed by atoms with Gasteiger partial charge in [0.1, 0.15) is 17.8 Å². The standard InChI is InChI=1S/C23H25F2N3O4/c1-12(2)27-9-13(3)28-19(27)11-26-10-16(21(30)22(31)20(26)23(28)32)18(29)7-5-14-4-6-15(24)8-17(14)25/h4,6,8,10,12-13,19,31H,5,7,9,11H2,1-3H3/t13-,19+/m1/s1. The summed E-state index contributed by atoms with van der Waals surface area (Å²) in [5.74, 6) is -3.26. The van der Waals surface area contributed by atoms with Gasteiger partial charge in [0.2, 0.25) is 5.43 Å². The highest BCUT2D eigenvalue weighted by Gasteiger charge is 2.46. The number of pyridine rings is 1. The van der Waals surface area contributed by atoms with E-state index in [0.29, 0.717) is 13.1 Å². The van der Waals surface area contributed by atoms with Crippen LogP contribution in [-0.4, -0.2) is 56.0 Å². The summed E-state index contributed by atoms with van der Waals surface area (Å²) in [6.45, 7) is 6.96. The number of hydrogen-bond donors (Lipinski definition) is 1. The Labute approximate surface area is 183 Å². The van der Waals surface area contributed by atoms with Crippen LogP contribution in [-0.2, 0) is 13.0 Å². The number of fused-ring (bicyclic) bond motifs is 2. The number of aryl methyl sites for hydroxylation is 1. The summed E-state index contributed by atoms with van der Waals surface area (Å²) in [5.41, 5.74) is -1.14. The second-order valence-corrected chi connectivity index (χ2v) is 8.71. The molecular formula is C23H25F2N3O4. The number of ketones is 1. The Hall–Kier alpha value is -3.07. The van der Waals surface area contributed by atoms with Gasteiger partial charge < -0.3 is 14.6 Å². The number of amides is 1. The molecule has 3 heterocycles. The summed E-state index contributed by atoms with van der Waals surface area (Å²) >= 11 is 0. The molecule has 4 rings (SSSR count). The molecule has 32 heavy (non-hydrogen) atoms. The van der Waals surface area contributed by atoms with E-state index in [0.717, 1.165) is 12.1 Å². The molecule has 1 saturated heterocycles. The van der Waals surface area contributed by atoms with Gasteiger partial charge in [-0.1, -0.05) is 6.07 Å². The number of benzene rings is 1. The van der Waals surface area contributed by atoms with Gasteiger partial charge in [-0.15, -0.1) is 0 Å². The maximum absolute atomic E-state index is 13.9. The zero-order chi connectivity index (χ0) is 23.3. The zero-order valence-electron chi connectivity index (χ0n) is 18.1. The van der Waals surface area contributed by atoms with Crippen molar-refractivity contribution < 1.29 is 23.5 Å². The van der Waals surface area contributed by atoms with Crippen molar-refractivity contribution in [3.05, 3.63) is 63.1 Å². The molecule has 1 aromatic carbocycles. The van der Waals surface area contributed by atoms with Crippen molar-refractivity contribution in [1.82, 2.24) is 14.4 Å². The zero-order valence-corrected chi connectivity index (χ0v) is 18.1. The fourth-order valence-electron chi connectivity index (χ4n) is 4.67. The van der Waals surface area contributed by atoms with Gasteiger partial charge in [-0.3, -0.25) is 19.3 Å². The molecule has 1 aromatic heterocycles. The predicted octanol–water partition coefficient (Wildman–Crippen LogP) is 2.54. The van der Waals surface area contributed by atoms with Crippen LogP contribution >= 0.6 is 0 Å². The third kappa shape index (κ3) is 3.60. The van der Waals surface area contributed by atoms with Crippen LogP contribution in [0, 0.1) is 11.6 Å². The largest absolute Gasteiger partial charge is 0.503 e. The molecule has 0 spiro atoms. The van der Waals surface area contributed by atoms with Crippen LogP contribution in [0.4, 0.5) is 8.78 Å². The first-order chi connectivity index (χ1) is 15.1. The summed E-state index contributed by atoms with van der Waals surface area (Å²) in [5, 5.41) is 10.5. The maximum Gasteiger partial charge on any atom is 0.276 e. The minimum atomic E-state index is -0.916. The molecule has 0 aliphatic carbocycles. The lowest BCUT2D eigenvalue weighted by Crippen LogP contribution is -2.53. The average Bonchev–Trinajstić information content (AvgIpc) is 3.06. The van der Waals surface area contributed by atoms with Gasteiger partial charge in [0.25, 0.3) is 5.91 Å². The van der Waals surface area contributed by atoms with E-state index in [1.165, 1.54) is 16.8 Å². The summed E-state index contributed by atoms with van der Waals surface area (Å²) in [7, 11) is 0. The smallest absolute Gasteiger partial charge is 0.276 e. The highest BCUT2D eigenvalue weighted by atomic mass is 19.1. The molecule has 0 unspecified atom stereocenters. The molecule has 0 bridgehead atoms. The van der Waals surface area contributed by atoms with Crippen molar-refractivity contribution >= 4 is 11.7 Å². The minimum absolute atomic E-state index is 0.0269. The van der Waals surface area contributed by atoms with E-state index in [9.17, 15) is 28.3 Å². The third-order valence-electron chi connectivity index (χ3n) is 6.31. The van der Waals surface area contributed by atoms with Crippen LogP contribution < -0.4 is 5.43 Å². The molecule has 170 valence electrons. The number of Topliss-reactive ketones (excluding diaryl/α,β-unsaturated/α-hetero) is 1. The lowest BCUT2D eigenvalue weighted by molar-refractivity contribution is 0.0404. The van der Waals surface area contributed by atoms with Gasteiger partial charge in [0.15, 0.2) is 17.2 Å². The second kappa shape index (κ2) is 8.12. The first kappa shape index (κ1) is 22.1. The molecule has 1 N–H and O–H groups in total. The Morgan fingerprint density at radius 3 is 2.59 bits per heavy atom. The molecule has 7 nitrogen and oxygen atoms in total. The quantitative estimate of drug-likeness (QED) is 0.716. The van der Waals surface area contributed by atoms with Crippen molar-refractivity contribution in [2.75, 3.05) is 6.54 Å². The molecule has 2 aliphatic rings. The van der Waals surface area contributed by atoms with Crippen LogP contribution in [0.25, 0.3) is 0 Å². The molecule has 2 atom stereocenters. The number of aromatic hydroxyl groups is 1. The lowest BCUT2D eigenvalue weighted by atomic mass is 10.0. The van der Waals surface area contributed by atoms with E-state index in [1.54, 1.807) is 4.90 Å². The number of aromatic nitrogens is 1. The molecular weight excluding hydrogens is 420 g/mol. The van der Waals surface area contributed by atoms with Crippen molar-refractivity contribution in [3.63, 3.8) is 0 Å². The SMILES string of the molecule is CC(C)N1C[C@@H](C)N2C(=O)c3c(O)c(=O)c(C(=O)CCc4ccc(F)cc4F)cn3C[C@@H]12. The van der Waals surface area contributed by atoms with Crippen molar-refractivity contribution in [3.8, 4) is 5.75 Å². The van der Waals surface area contributed by atoms with E-state index >= 15 is 0 Å². The normalized spacial score (nSPS) is 20.6. The van der Waals surface area contributed by atoms with E-state index in [1.807, 2.05) is 20.8 Å². The van der Waals surface area contributed by atoms with Crippen molar-refractivity contribution in [2.45, 2.75) is 58.4 Å². The van der Waals surface area contributed by atoms with Gasteiger partial charge in [-0.25, -0.2) is 8.78 Å². The highest BCUT2D eigenvalue weighted by molar-refractivity contribution is 6.00. The summed E-state index contributed by atoms with van der Waals surface area (Å²) in [6, 6.07) is 3.19. The summed E-state index contributed by atoms with van der Waals surface area (Å²) in [4.78, 5) is 42.4. The molecule has 2 aromatic rings. The van der Waals surface area contributed by atoms with Gasteiger partial charge in [0, 0.05) is 37.3 Å². The third-order valence-corrected chi connectivity index (χ3v) is 6.31. The maximum atomic E-state index is 13.9. The van der Waals surface area contributed by atoms with Crippen LogP contribution in [0.3, 0.4) is 0 Å². The Balaban J connectivity index is 1.65. The van der Waals surface area contributed by atoms with Crippen LogP contribution in [0.5, 0.6) is 5.75 Å². The number of rotatable bonds is 5. The average molecular weight is 445 g/mol. The van der Waals surface area contributed by atoms with E-state index in [2.05, 4.69) is 4.90 Å². The first-order valence-corrected chi connectivity index (χ1v) is 10.6. The number of carbonyl (C=O) groups is 2. The fraction of sp³-hybridized carbons (Fsp3) is 0.435. The Bertz CT molecular complexity index is 1160. The van der Waals surface area contributed by atoms with Crippen LogP contribution in [0.2, 0.25) is 0 Å². The Kier molecular flexibility index (Phi) is 5.62. The van der Waals surface area contributed by atoms with E-state index in [4.69, 9.17) is 0 Å². The first-order valence-electron chi connectivity index (χ1n) is 10.6. The van der Waals surface area contributed by atoms with Crippen molar-refractivity contribution in [2.24, 2.45) is 0 Å². The van der Waals surface area contributed by atoms with Crippen LogP contribution in [0.1, 0.15) is 53.6 Å². The molecule has 0 saturated carbocycles. The van der Waals surface area contributed by atoms with Gasteiger partial charge in [0.05, 0.1) is 12.1 Å². The summed E-state index contributed by atoms with van der Waals surface area (Å²) < 4.78 is 28.4. The highest BCUT2D eigenvalue weighted by Crippen LogP contribution is 2.32. The number of carbonyl (C=O) groups excluding carboxylic acids is 2. The van der Waals surface area contributed by atoms with Crippen LogP contribution in [0.15, 0.2) is 29.2 Å². The number of nitrogens with zero attached hydrogens (tertiary/aromatic N) is 3. The Morgan fingerprint density at radius 2 is 1.94 bits per heavy atom. The lowest BCUT2D eigenvalue weighted by Gasteiger charge is -2.38. The fourth-order valence-corrected chi connectivity index (χ4v) is 4.67. The molecule has 9 heteroatoms. The van der Waals surface area contributed by atoms with Gasteiger partial charge in [-0.2, -0.15) is 0 Å². The molecule has 1 amide bonds. The summed E-state index contributed by atoms with van der Waals surface area (Å²) in [6.07, 6.45) is 0.844. The number of hydrogen-bond acceptors (Lipinski definition) is 5. The van der Waals surface area contributed by atoms with Gasteiger partial charge >= 0.3 is 0 Å². The van der Waals surface area contributed by atoms with Crippen molar-refractivity contribution in [1.29, 1.82) is 0 Å². The Morgan fingerprint density at radius 1 is 1.22 bits per heavy atom. The molecule has 2 aliphatic heterocycles. The monoisotopic (exact) mass is 445 g/mol. The predicted molar refractivity (Wildman–Crippen MR) is 113 cm³/mol.